The quantitative estimate of drug-likeness (QED) is 0.884. The Balaban J connectivity index is 1.85. The van der Waals surface area contributed by atoms with Crippen LogP contribution >= 0.6 is 35.0 Å². The molecule has 0 aliphatic heterocycles. The molecule has 0 radical (unpaired) electrons. The average molecular weight is 290 g/mol. The van der Waals surface area contributed by atoms with Crippen LogP contribution in [0.4, 0.5) is 0 Å². The van der Waals surface area contributed by atoms with Crippen LogP contribution in [0.2, 0.25) is 10.0 Å². The van der Waals surface area contributed by atoms with Gasteiger partial charge in [-0.15, -0.1) is 0 Å². The fraction of sp³-hybridized carbons (Fsp3) is 0.538. The first-order chi connectivity index (χ1) is 8.17. The van der Waals surface area contributed by atoms with Crippen LogP contribution in [0.3, 0.4) is 0 Å². The number of hydrogen-bond donors (Lipinski definition) is 1. The highest BCUT2D eigenvalue weighted by Crippen LogP contribution is 2.28. The van der Waals surface area contributed by atoms with Gasteiger partial charge in [0.15, 0.2) is 0 Å². The first kappa shape index (κ1) is 13.5. The third kappa shape index (κ3) is 4.06. The Morgan fingerprint density at radius 1 is 1.24 bits per heavy atom. The number of rotatable bonds is 4. The molecule has 1 aromatic carbocycles. The van der Waals surface area contributed by atoms with Crippen molar-refractivity contribution in [1.29, 1.82) is 0 Å². The van der Waals surface area contributed by atoms with Crippen LogP contribution in [0.15, 0.2) is 18.2 Å². The largest absolute Gasteiger partial charge is 0.310 e. The second kappa shape index (κ2) is 6.33. The molecule has 1 nitrogen and oxygen atoms in total. The van der Waals surface area contributed by atoms with Crippen molar-refractivity contribution in [3.05, 3.63) is 33.8 Å². The Kier molecular flexibility index (Phi) is 5.04. The summed E-state index contributed by atoms with van der Waals surface area (Å²) in [7, 11) is 0. The standard InChI is InChI=1S/C13H17Cl2NS/c1-17-13-3-2-12(7-13)16-8-9-4-10(14)6-11(15)5-9/h4-6,12-13,16H,2-3,7-8H2,1H3. The van der Waals surface area contributed by atoms with E-state index in [1.165, 1.54) is 19.3 Å². The van der Waals surface area contributed by atoms with Gasteiger partial charge in [0.2, 0.25) is 0 Å². The Morgan fingerprint density at radius 2 is 1.94 bits per heavy atom. The van der Waals surface area contributed by atoms with Crippen molar-refractivity contribution in [3.63, 3.8) is 0 Å². The van der Waals surface area contributed by atoms with E-state index in [0.717, 1.165) is 17.4 Å². The molecule has 0 saturated heterocycles. The molecule has 94 valence electrons. The van der Waals surface area contributed by atoms with Crippen LogP contribution in [0.1, 0.15) is 24.8 Å². The van der Waals surface area contributed by atoms with Gasteiger partial charge in [-0.25, -0.2) is 0 Å². The van der Waals surface area contributed by atoms with Crippen molar-refractivity contribution in [2.24, 2.45) is 0 Å². The van der Waals surface area contributed by atoms with Crippen molar-refractivity contribution in [1.82, 2.24) is 5.32 Å². The Hall–Kier alpha value is 0.110. The normalized spacial score (nSPS) is 24.2. The summed E-state index contributed by atoms with van der Waals surface area (Å²) in [6, 6.07) is 6.36. The number of thioether (sulfide) groups is 1. The van der Waals surface area contributed by atoms with E-state index < -0.39 is 0 Å². The van der Waals surface area contributed by atoms with Gasteiger partial charge in [-0.05, 0) is 49.3 Å². The maximum absolute atomic E-state index is 5.98. The molecular formula is C13H17Cl2NS. The van der Waals surface area contributed by atoms with E-state index in [1.54, 1.807) is 6.07 Å². The van der Waals surface area contributed by atoms with Crippen LogP contribution < -0.4 is 5.32 Å². The monoisotopic (exact) mass is 289 g/mol. The maximum atomic E-state index is 5.98. The van der Waals surface area contributed by atoms with E-state index in [1.807, 2.05) is 23.9 Å². The van der Waals surface area contributed by atoms with Gasteiger partial charge in [-0.1, -0.05) is 23.2 Å². The fourth-order valence-electron chi connectivity index (χ4n) is 2.31. The average Bonchev–Trinajstić information content (AvgIpc) is 2.73. The lowest BCUT2D eigenvalue weighted by Gasteiger charge is -2.13. The molecule has 0 spiro atoms. The molecule has 0 heterocycles. The third-order valence-corrected chi connectivity index (χ3v) is 4.77. The lowest BCUT2D eigenvalue weighted by atomic mass is 10.2. The number of benzene rings is 1. The molecule has 2 unspecified atom stereocenters. The lowest BCUT2D eigenvalue weighted by molar-refractivity contribution is 0.525. The predicted molar refractivity (Wildman–Crippen MR) is 78.2 cm³/mol. The molecule has 1 saturated carbocycles. The van der Waals surface area contributed by atoms with Gasteiger partial charge < -0.3 is 5.32 Å². The fourth-order valence-corrected chi connectivity index (χ4v) is 3.68. The molecule has 0 bridgehead atoms. The van der Waals surface area contributed by atoms with Crippen molar-refractivity contribution < 1.29 is 0 Å². The van der Waals surface area contributed by atoms with Gasteiger partial charge in [-0.2, -0.15) is 11.8 Å². The van der Waals surface area contributed by atoms with Crippen LogP contribution in [0, 0.1) is 0 Å². The maximum Gasteiger partial charge on any atom is 0.0424 e. The lowest BCUT2D eigenvalue weighted by Crippen LogP contribution is -2.26. The predicted octanol–water partition coefficient (Wildman–Crippen LogP) is 4.37. The molecule has 2 rings (SSSR count). The van der Waals surface area contributed by atoms with Crippen LogP contribution in [-0.2, 0) is 6.54 Å². The summed E-state index contributed by atoms with van der Waals surface area (Å²) in [4.78, 5) is 0. The highest BCUT2D eigenvalue weighted by atomic mass is 35.5. The molecule has 17 heavy (non-hydrogen) atoms. The van der Waals surface area contributed by atoms with Crippen molar-refractivity contribution in [2.45, 2.75) is 37.1 Å². The zero-order chi connectivity index (χ0) is 12.3. The van der Waals surface area contributed by atoms with Crippen LogP contribution in [0.5, 0.6) is 0 Å². The van der Waals surface area contributed by atoms with Gasteiger partial charge >= 0.3 is 0 Å². The summed E-state index contributed by atoms with van der Waals surface area (Å²) in [5.41, 5.74) is 1.16. The topological polar surface area (TPSA) is 12.0 Å². The summed E-state index contributed by atoms with van der Waals surface area (Å²) in [6.07, 6.45) is 6.08. The van der Waals surface area contributed by atoms with Crippen molar-refractivity contribution in [3.8, 4) is 0 Å². The van der Waals surface area contributed by atoms with E-state index in [9.17, 15) is 0 Å². The molecule has 1 aliphatic carbocycles. The second-order valence-electron chi connectivity index (χ2n) is 4.53. The van der Waals surface area contributed by atoms with E-state index >= 15 is 0 Å². The zero-order valence-corrected chi connectivity index (χ0v) is 12.2. The number of halogens is 2. The van der Waals surface area contributed by atoms with Gasteiger partial charge in [0.05, 0.1) is 0 Å². The number of hydrogen-bond acceptors (Lipinski definition) is 2. The van der Waals surface area contributed by atoms with Gasteiger partial charge in [0.25, 0.3) is 0 Å². The molecule has 1 aliphatic rings. The molecule has 0 amide bonds. The molecule has 2 atom stereocenters. The summed E-state index contributed by atoms with van der Waals surface area (Å²) in [5.74, 6) is 0. The van der Waals surface area contributed by atoms with Gasteiger partial charge in [0, 0.05) is 27.9 Å². The van der Waals surface area contributed by atoms with Crippen LogP contribution in [0.25, 0.3) is 0 Å². The summed E-state index contributed by atoms with van der Waals surface area (Å²) in [5, 5.41) is 5.84. The third-order valence-electron chi connectivity index (χ3n) is 3.24. The summed E-state index contributed by atoms with van der Waals surface area (Å²) in [6.45, 7) is 0.853. The van der Waals surface area contributed by atoms with E-state index in [2.05, 4.69) is 11.6 Å². The Morgan fingerprint density at radius 3 is 2.53 bits per heavy atom. The van der Waals surface area contributed by atoms with E-state index in [0.29, 0.717) is 16.1 Å². The molecule has 4 heteroatoms. The summed E-state index contributed by atoms with van der Waals surface area (Å²) < 4.78 is 0. The molecule has 0 aromatic heterocycles. The van der Waals surface area contributed by atoms with Crippen molar-refractivity contribution >= 4 is 35.0 Å². The second-order valence-corrected chi connectivity index (χ2v) is 6.54. The number of nitrogens with one attached hydrogen (secondary N) is 1. The smallest absolute Gasteiger partial charge is 0.0424 e. The summed E-state index contributed by atoms with van der Waals surface area (Å²) >= 11 is 13.9. The molecular weight excluding hydrogens is 273 g/mol. The minimum absolute atomic E-state index is 0.644. The van der Waals surface area contributed by atoms with Gasteiger partial charge in [0.1, 0.15) is 0 Å². The zero-order valence-electron chi connectivity index (χ0n) is 9.88. The minimum atomic E-state index is 0.644. The first-order valence-corrected chi connectivity index (χ1v) is 7.93. The Bertz CT molecular complexity index is 363. The minimum Gasteiger partial charge on any atom is -0.310 e. The molecule has 1 aromatic rings. The van der Waals surface area contributed by atoms with Crippen molar-refractivity contribution in [2.75, 3.05) is 6.26 Å². The first-order valence-electron chi connectivity index (χ1n) is 5.88. The van der Waals surface area contributed by atoms with Crippen LogP contribution in [-0.4, -0.2) is 17.5 Å². The molecule has 1 fully saturated rings. The van der Waals surface area contributed by atoms with E-state index in [4.69, 9.17) is 23.2 Å². The molecule has 1 N–H and O–H groups in total. The van der Waals surface area contributed by atoms with E-state index in [-0.39, 0.29) is 0 Å². The van der Waals surface area contributed by atoms with Gasteiger partial charge in [-0.3, -0.25) is 0 Å². The SMILES string of the molecule is CSC1CCC(NCc2cc(Cl)cc(Cl)c2)C1. The highest BCUT2D eigenvalue weighted by Gasteiger charge is 2.23. The Labute approximate surface area is 117 Å². The highest BCUT2D eigenvalue weighted by molar-refractivity contribution is 7.99.